The van der Waals surface area contributed by atoms with Crippen LogP contribution in [0.5, 0.6) is 0 Å². The summed E-state index contributed by atoms with van der Waals surface area (Å²) in [7, 11) is 0. The molecule has 2 unspecified atom stereocenters. The van der Waals surface area contributed by atoms with Crippen molar-refractivity contribution in [2.45, 2.75) is 38.1 Å². The molecule has 2 aliphatic heterocycles. The van der Waals surface area contributed by atoms with Gasteiger partial charge >= 0.3 is 0 Å². The third kappa shape index (κ3) is 3.87. The Morgan fingerprint density at radius 1 is 1.23 bits per heavy atom. The smallest absolute Gasteiger partial charge is 0.276 e. The van der Waals surface area contributed by atoms with Gasteiger partial charge in [-0.05, 0) is 36.5 Å². The number of aromatic nitrogens is 4. The van der Waals surface area contributed by atoms with Crippen molar-refractivity contribution in [2.24, 2.45) is 5.92 Å². The van der Waals surface area contributed by atoms with Gasteiger partial charge < -0.3 is 9.72 Å². The number of aromatic amines is 1. The lowest BCUT2D eigenvalue weighted by atomic mass is 9.97. The molecule has 4 heterocycles. The first-order valence-corrected chi connectivity index (χ1v) is 10.9. The summed E-state index contributed by atoms with van der Waals surface area (Å²) in [6.45, 7) is 6.23. The van der Waals surface area contributed by atoms with Crippen molar-refractivity contribution in [3.63, 3.8) is 0 Å². The van der Waals surface area contributed by atoms with Gasteiger partial charge in [-0.3, -0.25) is 9.69 Å². The average molecular weight is 419 g/mol. The van der Waals surface area contributed by atoms with Crippen LogP contribution in [-0.2, 0) is 11.3 Å². The van der Waals surface area contributed by atoms with Crippen LogP contribution in [0.3, 0.4) is 0 Å². The predicted octanol–water partition coefficient (Wildman–Crippen LogP) is 2.42. The van der Waals surface area contributed by atoms with E-state index in [4.69, 9.17) is 15.1 Å². The first-order valence-electron chi connectivity index (χ1n) is 10.9. The fraction of sp³-hybridized carbons (Fsp3) is 0.478. The number of fused-ring (bicyclic) bond motifs is 1. The number of likely N-dealkylation sites (tertiary alicyclic amines) is 1. The number of rotatable bonds is 4. The lowest BCUT2D eigenvalue weighted by molar-refractivity contribution is 0.0832. The van der Waals surface area contributed by atoms with Gasteiger partial charge in [0.15, 0.2) is 5.52 Å². The lowest BCUT2D eigenvalue weighted by Gasteiger charge is -2.21. The van der Waals surface area contributed by atoms with E-state index in [1.165, 1.54) is 5.56 Å². The maximum absolute atomic E-state index is 12.8. The molecule has 0 saturated carbocycles. The van der Waals surface area contributed by atoms with E-state index in [-0.39, 0.29) is 17.4 Å². The number of benzene rings is 1. The predicted molar refractivity (Wildman–Crippen MR) is 115 cm³/mol. The third-order valence-electron chi connectivity index (χ3n) is 6.56. The van der Waals surface area contributed by atoms with Crippen LogP contribution >= 0.6 is 0 Å². The molecule has 0 amide bonds. The second-order valence-electron chi connectivity index (χ2n) is 8.73. The molecule has 0 bridgehead atoms. The van der Waals surface area contributed by atoms with Gasteiger partial charge in [0.25, 0.3) is 5.56 Å². The van der Waals surface area contributed by atoms with Crippen LogP contribution < -0.4 is 5.56 Å². The number of H-pyrrole nitrogens is 1. The van der Waals surface area contributed by atoms with Gasteiger partial charge in [-0.2, -0.15) is 10.4 Å². The van der Waals surface area contributed by atoms with Gasteiger partial charge in [-0.25, -0.2) is 9.50 Å². The van der Waals surface area contributed by atoms with E-state index in [1.54, 1.807) is 10.7 Å². The van der Waals surface area contributed by atoms with Crippen molar-refractivity contribution in [1.29, 1.82) is 5.26 Å². The summed E-state index contributed by atoms with van der Waals surface area (Å²) >= 11 is 0. The highest BCUT2D eigenvalue weighted by molar-refractivity contribution is 5.42. The van der Waals surface area contributed by atoms with Crippen molar-refractivity contribution in [1.82, 2.24) is 24.5 Å². The lowest BCUT2D eigenvalue weighted by Crippen LogP contribution is -2.24. The van der Waals surface area contributed by atoms with E-state index in [0.717, 1.165) is 57.3 Å². The maximum Gasteiger partial charge on any atom is 0.276 e. The Morgan fingerprint density at radius 2 is 2.00 bits per heavy atom. The summed E-state index contributed by atoms with van der Waals surface area (Å²) in [5.74, 6) is 2.39. The fourth-order valence-corrected chi connectivity index (χ4v) is 4.83. The molecule has 2 fully saturated rings. The Balaban J connectivity index is 1.39. The fourth-order valence-electron chi connectivity index (χ4n) is 4.83. The van der Waals surface area contributed by atoms with E-state index in [2.05, 4.69) is 27.9 Å². The monoisotopic (exact) mass is 418 g/mol. The van der Waals surface area contributed by atoms with Crippen LogP contribution in [0.4, 0.5) is 0 Å². The molecule has 5 rings (SSSR count). The average Bonchev–Trinajstić information content (AvgIpc) is 3.38. The first kappa shape index (κ1) is 19.9. The van der Waals surface area contributed by atoms with Gasteiger partial charge in [0, 0.05) is 44.7 Å². The number of imidazole rings is 1. The zero-order chi connectivity index (χ0) is 21.4. The van der Waals surface area contributed by atoms with E-state index < -0.39 is 0 Å². The highest BCUT2D eigenvalue weighted by Crippen LogP contribution is 2.31. The number of nitrogens with zero attached hydrogens (tertiary/aromatic N) is 5. The van der Waals surface area contributed by atoms with E-state index in [1.807, 2.05) is 24.3 Å². The molecule has 8 nitrogen and oxygen atoms in total. The molecule has 2 aliphatic rings. The highest BCUT2D eigenvalue weighted by Gasteiger charge is 2.33. The van der Waals surface area contributed by atoms with Crippen LogP contribution in [-0.4, -0.2) is 50.8 Å². The zero-order valence-corrected chi connectivity index (χ0v) is 17.6. The number of nitriles is 1. The van der Waals surface area contributed by atoms with Crippen molar-refractivity contribution >= 4 is 5.52 Å². The molecule has 0 aliphatic carbocycles. The zero-order valence-electron chi connectivity index (χ0n) is 17.6. The standard InChI is InChI=1S/C23H26N6O2/c1-15-12-28(13-17-4-2-16(10-24)3-5-17)14-19(15)21-26-23(30)20-11-25-22(29(20)27-21)18-6-8-31-9-7-18/h2-5,11,15,18-19H,6-9,12-14H2,1H3,(H,26,27,30). The second kappa shape index (κ2) is 8.25. The summed E-state index contributed by atoms with van der Waals surface area (Å²) in [5, 5.41) is 13.8. The molecule has 31 heavy (non-hydrogen) atoms. The van der Waals surface area contributed by atoms with Crippen molar-refractivity contribution < 1.29 is 4.74 Å². The Kier molecular flexibility index (Phi) is 5.30. The molecular formula is C23H26N6O2. The van der Waals surface area contributed by atoms with Gasteiger partial charge in [0.1, 0.15) is 11.6 Å². The SMILES string of the molecule is CC1CN(Cc2ccc(C#N)cc2)CC1c1nn2c(C3CCOCC3)ncc2c(=O)[nH]1. The number of hydrogen-bond donors (Lipinski definition) is 1. The third-order valence-corrected chi connectivity index (χ3v) is 6.56. The van der Waals surface area contributed by atoms with Crippen LogP contribution in [0.25, 0.3) is 5.52 Å². The van der Waals surface area contributed by atoms with Gasteiger partial charge in [-0.15, -0.1) is 0 Å². The molecule has 2 atom stereocenters. The molecule has 1 N–H and O–H groups in total. The van der Waals surface area contributed by atoms with Crippen LogP contribution in [0, 0.1) is 17.2 Å². The minimum atomic E-state index is -0.131. The topological polar surface area (TPSA) is 99.3 Å². The van der Waals surface area contributed by atoms with Gasteiger partial charge in [0.05, 0.1) is 17.8 Å². The van der Waals surface area contributed by atoms with Gasteiger partial charge in [0.2, 0.25) is 0 Å². The van der Waals surface area contributed by atoms with Gasteiger partial charge in [-0.1, -0.05) is 19.1 Å². The quantitative estimate of drug-likeness (QED) is 0.699. The molecule has 0 spiro atoms. The summed E-state index contributed by atoms with van der Waals surface area (Å²) in [4.78, 5) is 22.7. The van der Waals surface area contributed by atoms with Crippen molar-refractivity contribution in [3.8, 4) is 6.07 Å². The van der Waals surface area contributed by atoms with Crippen LogP contribution in [0.1, 0.15) is 54.4 Å². The molecule has 3 aromatic rings. The minimum absolute atomic E-state index is 0.131. The molecule has 0 radical (unpaired) electrons. The van der Waals surface area contributed by atoms with E-state index in [9.17, 15) is 4.79 Å². The first-order chi connectivity index (χ1) is 15.1. The molecule has 8 heteroatoms. The molecule has 2 saturated heterocycles. The van der Waals surface area contributed by atoms with E-state index in [0.29, 0.717) is 17.0 Å². The highest BCUT2D eigenvalue weighted by atomic mass is 16.5. The summed E-state index contributed by atoms with van der Waals surface area (Å²) in [6, 6.07) is 9.89. The molecular weight excluding hydrogens is 392 g/mol. The van der Waals surface area contributed by atoms with Crippen LogP contribution in [0.15, 0.2) is 35.3 Å². The molecule has 160 valence electrons. The Morgan fingerprint density at radius 3 is 2.74 bits per heavy atom. The Hall–Kier alpha value is -3.02. The Labute approximate surface area is 180 Å². The largest absolute Gasteiger partial charge is 0.381 e. The van der Waals surface area contributed by atoms with Crippen molar-refractivity contribution in [2.75, 3.05) is 26.3 Å². The summed E-state index contributed by atoms with van der Waals surface area (Å²) in [6.07, 6.45) is 3.44. The van der Waals surface area contributed by atoms with E-state index >= 15 is 0 Å². The summed E-state index contributed by atoms with van der Waals surface area (Å²) in [5.41, 5.74) is 2.23. The number of hydrogen-bond acceptors (Lipinski definition) is 6. The normalized spacial score (nSPS) is 22.7. The molecule has 1 aromatic carbocycles. The van der Waals surface area contributed by atoms with Crippen LogP contribution in [0.2, 0.25) is 0 Å². The maximum atomic E-state index is 12.8. The number of nitrogens with one attached hydrogen (secondary N) is 1. The molecule has 2 aromatic heterocycles. The second-order valence-corrected chi connectivity index (χ2v) is 8.73. The summed E-state index contributed by atoms with van der Waals surface area (Å²) < 4.78 is 7.24. The minimum Gasteiger partial charge on any atom is -0.381 e. The van der Waals surface area contributed by atoms with Crippen molar-refractivity contribution in [3.05, 3.63) is 63.6 Å². The number of ether oxygens (including phenoxy) is 1. The Bertz CT molecular complexity index is 1170.